The van der Waals surface area contributed by atoms with Crippen LogP contribution >= 0.6 is 0 Å². The summed E-state index contributed by atoms with van der Waals surface area (Å²) in [4.78, 5) is 13.5. The van der Waals surface area contributed by atoms with E-state index in [-0.39, 0.29) is 5.78 Å². The molecule has 2 aromatic heterocycles. The number of ketones is 1. The van der Waals surface area contributed by atoms with Gasteiger partial charge in [0.1, 0.15) is 0 Å². The van der Waals surface area contributed by atoms with Crippen LogP contribution in [0.5, 0.6) is 0 Å². The first-order valence-electron chi connectivity index (χ1n) is 11.8. The maximum absolute atomic E-state index is 13.5. The van der Waals surface area contributed by atoms with Crippen LogP contribution in [0.4, 0.5) is 0 Å². The van der Waals surface area contributed by atoms with E-state index in [2.05, 4.69) is 57.0 Å². The second-order valence-corrected chi connectivity index (χ2v) is 9.49. The molecule has 6 bridgehead atoms. The summed E-state index contributed by atoms with van der Waals surface area (Å²) in [5.41, 5.74) is 7.03. The third kappa shape index (κ3) is 3.23. The minimum atomic E-state index is -0.529. The van der Waals surface area contributed by atoms with E-state index in [4.69, 9.17) is 0 Å². The third-order valence-corrected chi connectivity index (χ3v) is 7.22. The molecule has 7 nitrogen and oxygen atoms in total. The quantitative estimate of drug-likeness (QED) is 0.354. The van der Waals surface area contributed by atoms with Gasteiger partial charge in [0.25, 0.3) is 0 Å². The monoisotopic (exact) mass is 458 g/mol. The fourth-order valence-corrected chi connectivity index (χ4v) is 5.67. The van der Waals surface area contributed by atoms with Gasteiger partial charge in [-0.15, -0.1) is 10.2 Å². The molecule has 0 unspecified atom stereocenters. The SMILES string of the molecule is O=C1c2ccccc2C2(Cc3cn(nn3)Cc3ccc(cc3)Cn3cc(nn3)C2)c2ccccc21. The molecular formula is C28H22N6O. The number of carbonyl (C=O) groups is 1. The van der Waals surface area contributed by atoms with Gasteiger partial charge in [-0.25, -0.2) is 9.36 Å². The highest BCUT2D eigenvalue weighted by Crippen LogP contribution is 2.45. The molecule has 170 valence electrons. The molecule has 1 spiro atoms. The van der Waals surface area contributed by atoms with Gasteiger partial charge in [-0.3, -0.25) is 4.79 Å². The highest BCUT2D eigenvalue weighted by molar-refractivity contribution is 6.13. The van der Waals surface area contributed by atoms with E-state index >= 15 is 0 Å². The van der Waals surface area contributed by atoms with E-state index in [1.807, 2.05) is 58.2 Å². The van der Waals surface area contributed by atoms with Crippen molar-refractivity contribution in [1.82, 2.24) is 30.0 Å². The Morgan fingerprint density at radius 2 is 1.09 bits per heavy atom. The molecule has 3 aromatic carbocycles. The van der Waals surface area contributed by atoms with Crippen molar-refractivity contribution in [3.8, 4) is 0 Å². The number of fused-ring (bicyclic) bond motifs is 4. The van der Waals surface area contributed by atoms with Crippen LogP contribution in [-0.2, 0) is 31.3 Å². The minimum absolute atomic E-state index is 0.0616. The van der Waals surface area contributed by atoms with E-state index in [1.165, 1.54) is 0 Å². The molecule has 0 amide bonds. The largest absolute Gasteiger partial charge is 0.289 e. The van der Waals surface area contributed by atoms with Crippen molar-refractivity contribution in [2.75, 3.05) is 0 Å². The first-order valence-corrected chi connectivity index (χ1v) is 11.8. The molecule has 4 heterocycles. The minimum Gasteiger partial charge on any atom is -0.289 e. The number of nitrogens with zero attached hydrogens (tertiary/aromatic N) is 6. The van der Waals surface area contributed by atoms with Crippen molar-refractivity contribution in [2.45, 2.75) is 31.3 Å². The van der Waals surface area contributed by atoms with Gasteiger partial charge in [-0.1, -0.05) is 83.2 Å². The van der Waals surface area contributed by atoms with Crippen LogP contribution in [0.15, 0.2) is 85.2 Å². The van der Waals surface area contributed by atoms with Crippen molar-refractivity contribution < 1.29 is 4.79 Å². The summed E-state index contributed by atoms with van der Waals surface area (Å²) in [7, 11) is 0. The molecule has 5 aromatic rings. The summed E-state index contributed by atoms with van der Waals surface area (Å²) in [6, 6.07) is 24.4. The van der Waals surface area contributed by atoms with Crippen LogP contribution < -0.4 is 0 Å². The molecule has 0 saturated carbocycles. The van der Waals surface area contributed by atoms with Crippen LogP contribution in [0, 0.1) is 0 Å². The first-order chi connectivity index (χ1) is 17.2. The Bertz CT molecular complexity index is 1460. The summed E-state index contributed by atoms with van der Waals surface area (Å²) in [6.45, 7) is 1.30. The van der Waals surface area contributed by atoms with Crippen molar-refractivity contribution in [2.24, 2.45) is 0 Å². The Labute approximate surface area is 202 Å². The van der Waals surface area contributed by atoms with Crippen molar-refractivity contribution in [3.63, 3.8) is 0 Å². The molecule has 8 rings (SSSR count). The number of hydrogen-bond donors (Lipinski definition) is 0. The molecule has 1 aliphatic carbocycles. The Morgan fingerprint density at radius 3 is 1.57 bits per heavy atom. The molecule has 0 atom stereocenters. The highest BCUT2D eigenvalue weighted by atomic mass is 16.1. The number of carbonyl (C=O) groups excluding carboxylic acids is 1. The van der Waals surface area contributed by atoms with Crippen molar-refractivity contribution in [3.05, 3.63) is 130 Å². The number of hydrogen-bond acceptors (Lipinski definition) is 5. The van der Waals surface area contributed by atoms with Gasteiger partial charge in [0, 0.05) is 41.8 Å². The van der Waals surface area contributed by atoms with E-state index < -0.39 is 5.41 Å². The fourth-order valence-electron chi connectivity index (χ4n) is 5.67. The lowest BCUT2D eigenvalue weighted by Gasteiger charge is -2.39. The molecule has 2 aliphatic heterocycles. The van der Waals surface area contributed by atoms with Crippen LogP contribution in [0.1, 0.15) is 49.6 Å². The molecule has 7 heteroatoms. The van der Waals surface area contributed by atoms with Gasteiger partial charge in [-0.05, 0) is 22.3 Å². The first kappa shape index (κ1) is 20.0. The van der Waals surface area contributed by atoms with E-state index in [1.54, 1.807) is 0 Å². The van der Waals surface area contributed by atoms with Gasteiger partial charge in [0.05, 0.1) is 24.5 Å². The average molecular weight is 459 g/mol. The predicted molar refractivity (Wildman–Crippen MR) is 129 cm³/mol. The standard InChI is InChI=1S/C28H22N6O/c35-27-23-5-1-3-7-25(23)28(26-8-4-2-6-24(26)27)13-21-17-33(31-29-21)15-19-9-10-20(12-11-19)16-34-18-22(14-28)30-32-34/h1-12,17-18H,13-16H2. The summed E-state index contributed by atoms with van der Waals surface area (Å²) in [6.07, 6.45) is 5.24. The Hall–Kier alpha value is -4.39. The Morgan fingerprint density at radius 1 is 0.629 bits per heavy atom. The van der Waals surface area contributed by atoms with Gasteiger partial charge in [0.15, 0.2) is 5.78 Å². The zero-order valence-corrected chi connectivity index (χ0v) is 19.0. The van der Waals surface area contributed by atoms with E-state index in [0.717, 1.165) is 44.8 Å². The second kappa shape index (κ2) is 7.56. The number of aromatic nitrogens is 6. The maximum atomic E-state index is 13.5. The van der Waals surface area contributed by atoms with Crippen LogP contribution in [0.25, 0.3) is 0 Å². The number of benzene rings is 3. The topological polar surface area (TPSA) is 78.5 Å². The van der Waals surface area contributed by atoms with Crippen LogP contribution in [0.2, 0.25) is 0 Å². The average Bonchev–Trinajstić information content (AvgIpc) is 3.52. The molecule has 35 heavy (non-hydrogen) atoms. The smallest absolute Gasteiger partial charge is 0.193 e. The van der Waals surface area contributed by atoms with Gasteiger partial charge < -0.3 is 0 Å². The second-order valence-electron chi connectivity index (χ2n) is 9.49. The van der Waals surface area contributed by atoms with Gasteiger partial charge in [-0.2, -0.15) is 0 Å². The van der Waals surface area contributed by atoms with Gasteiger partial charge in [0.2, 0.25) is 0 Å². The summed E-state index contributed by atoms with van der Waals surface area (Å²) < 4.78 is 3.77. The molecular weight excluding hydrogens is 436 g/mol. The lowest BCUT2D eigenvalue weighted by molar-refractivity contribution is 0.102. The van der Waals surface area contributed by atoms with Crippen molar-refractivity contribution in [1.29, 1.82) is 0 Å². The van der Waals surface area contributed by atoms with Crippen LogP contribution in [-0.4, -0.2) is 35.8 Å². The zero-order valence-electron chi connectivity index (χ0n) is 19.0. The van der Waals surface area contributed by atoms with E-state index in [0.29, 0.717) is 25.9 Å². The number of rotatable bonds is 0. The van der Waals surface area contributed by atoms with Gasteiger partial charge >= 0.3 is 0 Å². The molecule has 0 radical (unpaired) electrons. The van der Waals surface area contributed by atoms with Crippen molar-refractivity contribution >= 4 is 5.78 Å². The Kier molecular flexibility index (Phi) is 4.33. The zero-order chi connectivity index (χ0) is 23.4. The third-order valence-electron chi connectivity index (χ3n) is 7.22. The molecule has 0 saturated heterocycles. The highest BCUT2D eigenvalue weighted by Gasteiger charge is 2.44. The predicted octanol–water partition coefficient (Wildman–Crippen LogP) is 3.60. The normalized spacial score (nSPS) is 15.8. The summed E-state index contributed by atoms with van der Waals surface area (Å²) >= 11 is 0. The fraction of sp³-hybridized carbons (Fsp3) is 0.179. The molecule has 3 aliphatic rings. The van der Waals surface area contributed by atoms with Crippen LogP contribution in [0.3, 0.4) is 0 Å². The summed E-state index contributed by atoms with van der Waals surface area (Å²) in [5, 5.41) is 18.0. The Balaban J connectivity index is 1.47. The van der Waals surface area contributed by atoms with E-state index in [9.17, 15) is 4.79 Å². The maximum Gasteiger partial charge on any atom is 0.193 e. The lowest BCUT2D eigenvalue weighted by atomic mass is 9.62. The lowest BCUT2D eigenvalue weighted by Crippen LogP contribution is -2.40. The summed E-state index contributed by atoms with van der Waals surface area (Å²) in [5.74, 6) is 0.0616. The molecule has 0 fully saturated rings. The molecule has 0 N–H and O–H groups in total.